The smallest absolute Gasteiger partial charge is 0.244 e. The molecule has 0 saturated heterocycles. The zero-order chi connectivity index (χ0) is 16.6. The van der Waals surface area contributed by atoms with E-state index in [0.29, 0.717) is 5.02 Å². The van der Waals surface area contributed by atoms with Crippen LogP contribution in [-0.4, -0.2) is 15.5 Å². The van der Waals surface area contributed by atoms with Gasteiger partial charge < -0.3 is 9.88 Å². The summed E-state index contributed by atoms with van der Waals surface area (Å²) in [6, 6.07) is 9.52. The molecule has 23 heavy (non-hydrogen) atoms. The summed E-state index contributed by atoms with van der Waals surface area (Å²) in [6.45, 7) is 6.26. The predicted molar refractivity (Wildman–Crippen MR) is 94.0 cm³/mol. The van der Waals surface area contributed by atoms with Crippen molar-refractivity contribution in [3.63, 3.8) is 0 Å². The molecule has 0 saturated carbocycles. The quantitative estimate of drug-likeness (QED) is 0.781. The molecule has 0 aliphatic rings. The Hall–Kier alpha value is -2.33. The van der Waals surface area contributed by atoms with E-state index in [1.165, 1.54) is 11.1 Å². The van der Waals surface area contributed by atoms with Crippen molar-refractivity contribution in [1.29, 1.82) is 0 Å². The highest BCUT2D eigenvalue weighted by molar-refractivity contribution is 6.30. The molecular formula is C18H18ClN3O. The Morgan fingerprint density at radius 2 is 1.87 bits per heavy atom. The Morgan fingerprint density at radius 3 is 2.61 bits per heavy atom. The number of hydrogen-bond acceptors (Lipinski definition) is 2. The first-order valence-corrected chi connectivity index (χ1v) is 7.80. The molecule has 0 aliphatic carbocycles. The number of anilines is 1. The van der Waals surface area contributed by atoms with E-state index in [1.807, 2.05) is 29.7 Å². The molecule has 0 radical (unpaired) electrons. The van der Waals surface area contributed by atoms with Gasteiger partial charge in [-0.1, -0.05) is 11.6 Å². The van der Waals surface area contributed by atoms with Gasteiger partial charge in [0.2, 0.25) is 5.91 Å². The normalized spacial score (nSPS) is 11.0. The molecule has 5 heteroatoms. The molecule has 1 amide bonds. The Bertz CT molecular complexity index is 899. The van der Waals surface area contributed by atoms with E-state index in [-0.39, 0.29) is 12.5 Å². The van der Waals surface area contributed by atoms with Crippen molar-refractivity contribution in [3.8, 4) is 0 Å². The van der Waals surface area contributed by atoms with Crippen LogP contribution >= 0.6 is 11.6 Å². The largest absolute Gasteiger partial charge is 0.324 e. The molecule has 3 rings (SSSR count). The number of carbonyl (C=O) groups is 1. The Labute approximate surface area is 140 Å². The SMILES string of the molecule is Cc1cc2ncn(CC(=O)Nc3ccc(Cl)cc3C)c2cc1C. The molecule has 0 unspecified atom stereocenters. The standard InChI is InChI=1S/C18H18ClN3O/c1-11-7-16-17(8-12(11)2)22(10-20-16)9-18(23)21-15-5-4-14(19)6-13(15)3/h4-8,10H,9H2,1-3H3,(H,21,23). The van der Waals surface area contributed by atoms with Gasteiger partial charge in [-0.05, 0) is 67.8 Å². The second kappa shape index (κ2) is 6.05. The number of fused-ring (bicyclic) bond motifs is 1. The van der Waals surface area contributed by atoms with Crippen molar-refractivity contribution >= 4 is 34.2 Å². The van der Waals surface area contributed by atoms with Gasteiger partial charge >= 0.3 is 0 Å². The van der Waals surface area contributed by atoms with Crippen molar-refractivity contribution in [1.82, 2.24) is 9.55 Å². The number of imidazole rings is 1. The number of hydrogen-bond donors (Lipinski definition) is 1. The maximum absolute atomic E-state index is 12.3. The second-order valence-electron chi connectivity index (χ2n) is 5.81. The molecule has 1 N–H and O–H groups in total. The zero-order valence-corrected chi connectivity index (χ0v) is 14.1. The number of nitrogens with one attached hydrogen (secondary N) is 1. The summed E-state index contributed by atoms with van der Waals surface area (Å²) in [4.78, 5) is 16.7. The first-order valence-electron chi connectivity index (χ1n) is 7.42. The van der Waals surface area contributed by atoms with Crippen molar-refractivity contribution in [3.05, 3.63) is 58.4 Å². The van der Waals surface area contributed by atoms with Gasteiger partial charge in [0.1, 0.15) is 6.54 Å². The minimum atomic E-state index is -0.0899. The minimum Gasteiger partial charge on any atom is -0.324 e. The summed E-state index contributed by atoms with van der Waals surface area (Å²) in [7, 11) is 0. The molecule has 0 aliphatic heterocycles. The average Bonchev–Trinajstić information content (AvgIpc) is 2.85. The van der Waals surface area contributed by atoms with Crippen molar-refractivity contribution in [2.75, 3.05) is 5.32 Å². The molecule has 0 fully saturated rings. The van der Waals surface area contributed by atoms with Gasteiger partial charge in [-0.3, -0.25) is 4.79 Å². The molecule has 1 aromatic heterocycles. The van der Waals surface area contributed by atoms with Crippen LogP contribution in [0.25, 0.3) is 11.0 Å². The zero-order valence-electron chi connectivity index (χ0n) is 13.4. The molecule has 4 nitrogen and oxygen atoms in total. The number of halogens is 1. The van der Waals surface area contributed by atoms with Crippen molar-refractivity contribution < 1.29 is 4.79 Å². The monoisotopic (exact) mass is 327 g/mol. The van der Waals surface area contributed by atoms with Gasteiger partial charge in [-0.15, -0.1) is 0 Å². The predicted octanol–water partition coefficient (Wildman–Crippen LogP) is 4.25. The van der Waals surface area contributed by atoms with E-state index in [0.717, 1.165) is 22.3 Å². The third-order valence-electron chi connectivity index (χ3n) is 4.01. The molecule has 0 atom stereocenters. The van der Waals surface area contributed by atoms with Crippen LogP contribution in [0.3, 0.4) is 0 Å². The van der Waals surface area contributed by atoms with Crippen LogP contribution in [0.4, 0.5) is 5.69 Å². The summed E-state index contributed by atoms with van der Waals surface area (Å²) in [5.41, 5.74) is 5.97. The summed E-state index contributed by atoms with van der Waals surface area (Å²) >= 11 is 5.94. The van der Waals surface area contributed by atoms with Gasteiger partial charge in [-0.25, -0.2) is 4.98 Å². The number of carbonyl (C=O) groups excluding carboxylic acids is 1. The van der Waals surface area contributed by atoms with Crippen LogP contribution in [0.15, 0.2) is 36.7 Å². The third kappa shape index (κ3) is 3.22. The van der Waals surface area contributed by atoms with Crippen LogP contribution in [0, 0.1) is 20.8 Å². The van der Waals surface area contributed by atoms with Crippen LogP contribution in [0.2, 0.25) is 5.02 Å². The summed E-state index contributed by atoms with van der Waals surface area (Å²) in [5, 5.41) is 3.58. The lowest BCUT2D eigenvalue weighted by atomic mass is 10.1. The first kappa shape index (κ1) is 15.6. The van der Waals surface area contributed by atoms with Crippen molar-refractivity contribution in [2.45, 2.75) is 27.3 Å². The van der Waals surface area contributed by atoms with Crippen LogP contribution in [0.5, 0.6) is 0 Å². The summed E-state index contributed by atoms with van der Waals surface area (Å²) in [5.74, 6) is -0.0899. The van der Waals surface area contributed by atoms with Crippen LogP contribution in [0.1, 0.15) is 16.7 Å². The van der Waals surface area contributed by atoms with E-state index in [9.17, 15) is 4.79 Å². The molecule has 118 valence electrons. The fourth-order valence-corrected chi connectivity index (χ4v) is 2.78. The molecule has 0 spiro atoms. The van der Waals surface area contributed by atoms with Gasteiger partial charge in [0.05, 0.1) is 17.4 Å². The molecule has 2 aromatic carbocycles. The van der Waals surface area contributed by atoms with E-state index < -0.39 is 0 Å². The number of rotatable bonds is 3. The number of aryl methyl sites for hydroxylation is 3. The number of amides is 1. The highest BCUT2D eigenvalue weighted by Crippen LogP contribution is 2.21. The minimum absolute atomic E-state index is 0.0899. The average molecular weight is 328 g/mol. The topological polar surface area (TPSA) is 46.9 Å². The summed E-state index contributed by atoms with van der Waals surface area (Å²) < 4.78 is 1.86. The third-order valence-corrected chi connectivity index (χ3v) is 4.25. The molecule has 3 aromatic rings. The molecule has 1 heterocycles. The molecule has 0 bridgehead atoms. The maximum atomic E-state index is 12.3. The van der Waals surface area contributed by atoms with Gasteiger partial charge in [0.25, 0.3) is 0 Å². The number of benzene rings is 2. The van der Waals surface area contributed by atoms with Crippen LogP contribution < -0.4 is 5.32 Å². The first-order chi connectivity index (χ1) is 10.9. The lowest BCUT2D eigenvalue weighted by molar-refractivity contribution is -0.116. The highest BCUT2D eigenvalue weighted by atomic mass is 35.5. The number of nitrogens with zero attached hydrogens (tertiary/aromatic N) is 2. The van der Waals surface area contributed by atoms with E-state index in [4.69, 9.17) is 11.6 Å². The Balaban J connectivity index is 1.81. The fraction of sp³-hybridized carbons (Fsp3) is 0.222. The van der Waals surface area contributed by atoms with E-state index >= 15 is 0 Å². The fourth-order valence-electron chi connectivity index (χ4n) is 2.55. The van der Waals surface area contributed by atoms with Crippen LogP contribution in [-0.2, 0) is 11.3 Å². The lowest BCUT2D eigenvalue weighted by Gasteiger charge is -2.10. The maximum Gasteiger partial charge on any atom is 0.244 e. The summed E-state index contributed by atoms with van der Waals surface area (Å²) in [6.07, 6.45) is 1.71. The van der Waals surface area contributed by atoms with Gasteiger partial charge in [0, 0.05) is 10.7 Å². The van der Waals surface area contributed by atoms with E-state index in [1.54, 1.807) is 12.4 Å². The highest BCUT2D eigenvalue weighted by Gasteiger charge is 2.10. The van der Waals surface area contributed by atoms with Crippen molar-refractivity contribution in [2.24, 2.45) is 0 Å². The van der Waals surface area contributed by atoms with Gasteiger partial charge in [-0.2, -0.15) is 0 Å². The lowest BCUT2D eigenvalue weighted by Crippen LogP contribution is -2.18. The Kier molecular flexibility index (Phi) is 4.09. The Morgan fingerprint density at radius 1 is 1.13 bits per heavy atom. The molecular weight excluding hydrogens is 310 g/mol. The van der Waals surface area contributed by atoms with E-state index in [2.05, 4.69) is 30.2 Å². The number of aromatic nitrogens is 2. The second-order valence-corrected chi connectivity index (χ2v) is 6.24. The van der Waals surface area contributed by atoms with Gasteiger partial charge in [0.15, 0.2) is 0 Å².